The van der Waals surface area contributed by atoms with Crippen molar-refractivity contribution in [2.24, 2.45) is 0 Å². The Kier molecular flexibility index (Phi) is 4.93. The highest BCUT2D eigenvalue weighted by atomic mass is 19.1. The van der Waals surface area contributed by atoms with E-state index in [2.05, 4.69) is 10.6 Å². The summed E-state index contributed by atoms with van der Waals surface area (Å²) in [6.07, 6.45) is 0.731. The van der Waals surface area contributed by atoms with E-state index in [1.54, 1.807) is 31.3 Å². The first-order chi connectivity index (χ1) is 10.1. The Morgan fingerprint density at radius 3 is 2.52 bits per heavy atom. The van der Waals surface area contributed by atoms with Crippen LogP contribution in [0.2, 0.25) is 0 Å². The molecule has 0 aromatic heterocycles. The molecule has 0 fully saturated rings. The summed E-state index contributed by atoms with van der Waals surface area (Å²) in [4.78, 5) is 11.5. The van der Waals surface area contributed by atoms with Gasteiger partial charge in [-0.3, -0.25) is 4.79 Å². The van der Waals surface area contributed by atoms with E-state index in [9.17, 15) is 9.18 Å². The number of anilines is 1. The lowest BCUT2D eigenvalue weighted by atomic mass is 10.1. The Morgan fingerprint density at radius 1 is 1.19 bits per heavy atom. The third-order valence-corrected chi connectivity index (χ3v) is 3.22. The van der Waals surface area contributed by atoms with Gasteiger partial charge in [0.05, 0.1) is 0 Å². The molecule has 4 heteroatoms. The second-order valence-corrected chi connectivity index (χ2v) is 5.04. The van der Waals surface area contributed by atoms with Crippen molar-refractivity contribution in [3.8, 4) is 0 Å². The Hall–Kier alpha value is -2.36. The largest absolute Gasteiger partial charge is 0.382 e. The van der Waals surface area contributed by atoms with Crippen LogP contribution in [0.25, 0.3) is 0 Å². The van der Waals surface area contributed by atoms with Crippen LogP contribution in [-0.4, -0.2) is 19.0 Å². The van der Waals surface area contributed by atoms with Crippen LogP contribution in [0, 0.1) is 5.82 Å². The summed E-state index contributed by atoms with van der Waals surface area (Å²) in [6, 6.07) is 14.1. The zero-order valence-electron chi connectivity index (χ0n) is 12.2. The highest BCUT2D eigenvalue weighted by Gasteiger charge is 2.06. The Bertz CT molecular complexity index is 610. The SMILES string of the molecule is CNC(=O)c1ccc(NC(C)Cc2cccc(F)c2)cc1. The van der Waals surface area contributed by atoms with Crippen molar-refractivity contribution < 1.29 is 9.18 Å². The van der Waals surface area contributed by atoms with Crippen LogP contribution in [0.5, 0.6) is 0 Å². The molecule has 0 aliphatic heterocycles. The number of amides is 1. The number of hydrogen-bond donors (Lipinski definition) is 2. The molecule has 3 nitrogen and oxygen atoms in total. The molecule has 1 amide bonds. The quantitative estimate of drug-likeness (QED) is 0.886. The molecule has 1 atom stereocenters. The van der Waals surface area contributed by atoms with Gasteiger partial charge in [0.2, 0.25) is 0 Å². The van der Waals surface area contributed by atoms with Crippen LogP contribution in [-0.2, 0) is 6.42 Å². The van der Waals surface area contributed by atoms with Gasteiger partial charge < -0.3 is 10.6 Å². The number of rotatable bonds is 5. The Balaban J connectivity index is 1.96. The predicted octanol–water partition coefficient (Wildman–Crippen LogP) is 3.23. The molecule has 0 heterocycles. The van der Waals surface area contributed by atoms with Crippen molar-refractivity contribution in [3.05, 3.63) is 65.5 Å². The molecule has 2 rings (SSSR count). The van der Waals surface area contributed by atoms with E-state index in [1.807, 2.05) is 25.1 Å². The minimum atomic E-state index is -0.213. The Morgan fingerprint density at radius 2 is 1.90 bits per heavy atom. The third-order valence-electron chi connectivity index (χ3n) is 3.22. The molecule has 0 saturated carbocycles. The number of carbonyl (C=O) groups excluding carboxylic acids is 1. The normalized spacial score (nSPS) is 11.8. The van der Waals surface area contributed by atoms with Crippen LogP contribution in [0.3, 0.4) is 0 Å². The molecule has 1 unspecified atom stereocenters. The maximum atomic E-state index is 13.1. The average molecular weight is 286 g/mol. The topological polar surface area (TPSA) is 41.1 Å². The maximum absolute atomic E-state index is 13.1. The number of halogens is 1. The van der Waals surface area contributed by atoms with Crippen LogP contribution < -0.4 is 10.6 Å². The van der Waals surface area contributed by atoms with E-state index < -0.39 is 0 Å². The summed E-state index contributed by atoms with van der Waals surface area (Å²) >= 11 is 0. The minimum Gasteiger partial charge on any atom is -0.382 e. The summed E-state index contributed by atoms with van der Waals surface area (Å²) < 4.78 is 13.1. The first kappa shape index (κ1) is 15.0. The fourth-order valence-corrected chi connectivity index (χ4v) is 2.22. The lowest BCUT2D eigenvalue weighted by molar-refractivity contribution is 0.0963. The molecular weight excluding hydrogens is 267 g/mol. The van der Waals surface area contributed by atoms with Gasteiger partial charge in [0, 0.05) is 24.3 Å². The summed E-state index contributed by atoms with van der Waals surface area (Å²) in [5.74, 6) is -0.316. The van der Waals surface area contributed by atoms with E-state index in [-0.39, 0.29) is 17.8 Å². The Labute approximate surface area is 124 Å². The highest BCUT2D eigenvalue weighted by Crippen LogP contribution is 2.13. The van der Waals surface area contributed by atoms with Gasteiger partial charge in [0.15, 0.2) is 0 Å². The first-order valence-corrected chi connectivity index (χ1v) is 6.91. The average Bonchev–Trinajstić information content (AvgIpc) is 2.47. The fraction of sp³-hybridized carbons (Fsp3) is 0.235. The molecule has 0 aliphatic carbocycles. The van der Waals surface area contributed by atoms with E-state index in [1.165, 1.54) is 6.07 Å². The predicted molar refractivity (Wildman–Crippen MR) is 83.0 cm³/mol. The van der Waals surface area contributed by atoms with Crippen molar-refractivity contribution in [3.63, 3.8) is 0 Å². The summed E-state index contributed by atoms with van der Waals surface area (Å²) in [5, 5.41) is 5.92. The summed E-state index contributed by atoms with van der Waals surface area (Å²) in [5.41, 5.74) is 2.52. The lowest BCUT2D eigenvalue weighted by Gasteiger charge is -2.15. The maximum Gasteiger partial charge on any atom is 0.251 e. The van der Waals surface area contributed by atoms with Crippen molar-refractivity contribution in [1.82, 2.24) is 5.32 Å². The molecule has 110 valence electrons. The van der Waals surface area contributed by atoms with Gasteiger partial charge in [0.1, 0.15) is 5.82 Å². The monoisotopic (exact) mass is 286 g/mol. The van der Waals surface area contributed by atoms with E-state index in [0.29, 0.717) is 5.56 Å². The molecule has 0 bridgehead atoms. The third kappa shape index (κ3) is 4.31. The van der Waals surface area contributed by atoms with Gasteiger partial charge in [-0.05, 0) is 55.3 Å². The van der Waals surface area contributed by atoms with Crippen LogP contribution in [0.15, 0.2) is 48.5 Å². The molecule has 2 aromatic carbocycles. The zero-order chi connectivity index (χ0) is 15.2. The zero-order valence-corrected chi connectivity index (χ0v) is 12.2. The van der Waals surface area contributed by atoms with Gasteiger partial charge in [-0.25, -0.2) is 4.39 Å². The van der Waals surface area contributed by atoms with Gasteiger partial charge in [-0.1, -0.05) is 12.1 Å². The van der Waals surface area contributed by atoms with E-state index in [0.717, 1.165) is 17.7 Å². The van der Waals surface area contributed by atoms with E-state index in [4.69, 9.17) is 0 Å². The number of carbonyl (C=O) groups is 1. The molecule has 21 heavy (non-hydrogen) atoms. The number of nitrogens with one attached hydrogen (secondary N) is 2. The molecule has 0 aliphatic rings. The first-order valence-electron chi connectivity index (χ1n) is 6.91. The second kappa shape index (κ2) is 6.88. The van der Waals surface area contributed by atoms with E-state index >= 15 is 0 Å². The van der Waals surface area contributed by atoms with Crippen LogP contribution in [0.1, 0.15) is 22.8 Å². The molecule has 0 saturated heterocycles. The van der Waals surface area contributed by atoms with Crippen LogP contribution >= 0.6 is 0 Å². The van der Waals surface area contributed by atoms with Crippen molar-refractivity contribution in [2.45, 2.75) is 19.4 Å². The van der Waals surface area contributed by atoms with Crippen molar-refractivity contribution in [2.75, 3.05) is 12.4 Å². The summed E-state index contributed by atoms with van der Waals surface area (Å²) in [7, 11) is 1.61. The molecular formula is C17H19FN2O. The standard InChI is InChI=1S/C17H19FN2O/c1-12(10-13-4-3-5-15(18)11-13)20-16-8-6-14(7-9-16)17(21)19-2/h3-9,11-12,20H,10H2,1-2H3,(H,19,21). The van der Waals surface area contributed by atoms with Gasteiger partial charge >= 0.3 is 0 Å². The van der Waals surface area contributed by atoms with Gasteiger partial charge in [0.25, 0.3) is 5.91 Å². The fourth-order valence-electron chi connectivity index (χ4n) is 2.22. The smallest absolute Gasteiger partial charge is 0.251 e. The molecule has 2 aromatic rings. The number of hydrogen-bond acceptors (Lipinski definition) is 2. The molecule has 2 N–H and O–H groups in total. The number of benzene rings is 2. The molecule has 0 radical (unpaired) electrons. The minimum absolute atomic E-state index is 0.102. The highest BCUT2D eigenvalue weighted by molar-refractivity contribution is 5.94. The molecule has 0 spiro atoms. The van der Waals surface area contributed by atoms with Gasteiger partial charge in [-0.2, -0.15) is 0 Å². The lowest BCUT2D eigenvalue weighted by Crippen LogP contribution is -2.19. The van der Waals surface area contributed by atoms with Gasteiger partial charge in [-0.15, -0.1) is 0 Å². The van der Waals surface area contributed by atoms with Crippen molar-refractivity contribution in [1.29, 1.82) is 0 Å². The van der Waals surface area contributed by atoms with Crippen LogP contribution in [0.4, 0.5) is 10.1 Å². The second-order valence-electron chi connectivity index (χ2n) is 5.04. The summed E-state index contributed by atoms with van der Waals surface area (Å²) in [6.45, 7) is 2.04. The van der Waals surface area contributed by atoms with Crippen molar-refractivity contribution >= 4 is 11.6 Å².